The topological polar surface area (TPSA) is 80.3 Å². The number of ether oxygens (including phenoxy) is 5. The molecule has 0 saturated heterocycles. The van der Waals surface area contributed by atoms with Crippen LogP contribution < -0.4 is 4.74 Å². The largest absolute Gasteiger partial charge is 0.494 e. The van der Waals surface area contributed by atoms with E-state index in [2.05, 4.69) is 32.9 Å². The van der Waals surface area contributed by atoms with Crippen LogP contribution in [0.5, 0.6) is 5.75 Å². The highest BCUT2D eigenvalue weighted by Gasteiger charge is 2.58. The number of fused-ring (bicyclic) bond motifs is 5. The number of allylic oxidation sites excluding steroid dienone is 3. The predicted octanol–water partition coefficient (Wildman–Crippen LogP) is 8.92. The average Bonchev–Trinajstić information content (AvgIpc) is 3.44. The first-order chi connectivity index (χ1) is 23.6. The van der Waals surface area contributed by atoms with Gasteiger partial charge < -0.3 is 23.7 Å². The van der Waals surface area contributed by atoms with Gasteiger partial charge in [-0.1, -0.05) is 55.3 Å². The maximum Gasteiger partial charge on any atom is 0.303 e. The molecule has 0 bridgehead atoms. The molecule has 10 atom stereocenters. The van der Waals surface area contributed by atoms with Gasteiger partial charge in [-0.2, -0.15) is 0 Å². The van der Waals surface area contributed by atoms with Crippen LogP contribution in [0.3, 0.4) is 0 Å². The van der Waals surface area contributed by atoms with Crippen molar-refractivity contribution in [1.82, 2.24) is 0 Å². The minimum absolute atomic E-state index is 0.00924. The zero-order valence-corrected chi connectivity index (χ0v) is 30.4. The molecule has 1 aliphatic heterocycles. The maximum atomic E-state index is 11.6. The predicted molar refractivity (Wildman–Crippen MR) is 190 cm³/mol. The Hall–Kier alpha value is -2.90. The quantitative estimate of drug-likeness (QED) is 0.124. The Bertz CT molecular complexity index is 1400. The lowest BCUT2D eigenvalue weighted by Gasteiger charge is -2.58. The number of rotatable bonds is 12. The number of carbonyl (C=O) groups is 2. The molecule has 1 aromatic carbocycles. The Morgan fingerprint density at radius 3 is 2.53 bits per heavy atom. The molecule has 6 rings (SSSR count). The Labute approximate surface area is 293 Å². The van der Waals surface area contributed by atoms with Gasteiger partial charge in [0, 0.05) is 13.8 Å². The molecule has 7 nitrogen and oxygen atoms in total. The molecule has 0 radical (unpaired) electrons. The van der Waals surface area contributed by atoms with Crippen LogP contribution in [0, 0.1) is 34.5 Å². The van der Waals surface area contributed by atoms with Gasteiger partial charge in [-0.3, -0.25) is 9.59 Å². The SMILES string of the molecule is CC(=O)OC[C@H]1OC(O[C@H]2CC[C@@]3(C)C(=CC[C@H]4[C@@H]5CC[C@H](/C(C)=C/CCCCOc6ccccc6)[C@@]5(C)CC[C@@H]43)C2)C=C[C@@H]1OC(C)=O. The van der Waals surface area contributed by atoms with Crippen molar-refractivity contribution in [2.45, 2.75) is 130 Å². The van der Waals surface area contributed by atoms with E-state index >= 15 is 0 Å². The number of carbonyl (C=O) groups excluding carboxylic acids is 2. The fourth-order valence-electron chi connectivity index (χ4n) is 10.4. The van der Waals surface area contributed by atoms with Crippen molar-refractivity contribution >= 4 is 11.9 Å². The van der Waals surface area contributed by atoms with Gasteiger partial charge in [0.1, 0.15) is 24.6 Å². The van der Waals surface area contributed by atoms with Gasteiger partial charge in [-0.05, 0) is 136 Å². The van der Waals surface area contributed by atoms with Gasteiger partial charge in [0.05, 0.1) is 12.7 Å². The van der Waals surface area contributed by atoms with Gasteiger partial charge >= 0.3 is 11.9 Å². The van der Waals surface area contributed by atoms with Crippen LogP contribution in [0.4, 0.5) is 0 Å². The van der Waals surface area contributed by atoms with Crippen LogP contribution >= 0.6 is 0 Å². The zero-order valence-electron chi connectivity index (χ0n) is 30.4. The van der Waals surface area contributed by atoms with Crippen molar-refractivity contribution < 1.29 is 33.3 Å². The van der Waals surface area contributed by atoms with Crippen LogP contribution in [0.2, 0.25) is 0 Å². The number of unbranched alkanes of at least 4 members (excludes halogenated alkanes) is 2. The lowest BCUT2D eigenvalue weighted by atomic mass is 9.47. The first-order valence-electron chi connectivity index (χ1n) is 18.9. The maximum absolute atomic E-state index is 11.6. The molecule has 0 aromatic heterocycles. The molecule has 7 heteroatoms. The van der Waals surface area contributed by atoms with Gasteiger partial charge in [-0.15, -0.1) is 0 Å². The van der Waals surface area contributed by atoms with Crippen LogP contribution in [0.15, 0.2) is 65.8 Å². The molecule has 0 spiro atoms. The summed E-state index contributed by atoms with van der Waals surface area (Å²) in [5.41, 5.74) is 3.83. The summed E-state index contributed by atoms with van der Waals surface area (Å²) in [6.07, 6.45) is 20.0. The highest BCUT2D eigenvalue weighted by Crippen LogP contribution is 2.67. The van der Waals surface area contributed by atoms with E-state index in [0.29, 0.717) is 11.3 Å². The fraction of sp³-hybridized carbons (Fsp3) is 0.667. The molecule has 5 aliphatic rings. The molecule has 1 aromatic rings. The van der Waals surface area contributed by atoms with Crippen molar-refractivity contribution in [2.24, 2.45) is 34.5 Å². The lowest BCUT2D eigenvalue weighted by molar-refractivity contribution is -0.213. The molecular formula is C42H58O7. The summed E-state index contributed by atoms with van der Waals surface area (Å²) in [4.78, 5) is 23.1. The van der Waals surface area contributed by atoms with Gasteiger partial charge in [0.2, 0.25) is 0 Å². The van der Waals surface area contributed by atoms with Crippen LogP contribution in [-0.2, 0) is 28.5 Å². The van der Waals surface area contributed by atoms with Crippen molar-refractivity contribution in [3.63, 3.8) is 0 Å². The normalized spacial score (nSPS) is 36.9. The summed E-state index contributed by atoms with van der Waals surface area (Å²) in [7, 11) is 0. The zero-order chi connectivity index (χ0) is 34.6. The highest BCUT2D eigenvalue weighted by molar-refractivity contribution is 5.67. The van der Waals surface area contributed by atoms with Crippen LogP contribution in [0.1, 0.15) is 105 Å². The summed E-state index contributed by atoms with van der Waals surface area (Å²) in [5, 5.41) is 0. The minimum Gasteiger partial charge on any atom is -0.494 e. The third-order valence-electron chi connectivity index (χ3n) is 12.9. The second-order valence-corrected chi connectivity index (χ2v) is 15.8. The van der Waals surface area contributed by atoms with Gasteiger partial charge in [-0.25, -0.2) is 0 Å². The summed E-state index contributed by atoms with van der Waals surface area (Å²) in [6.45, 7) is 11.1. The second kappa shape index (κ2) is 15.6. The standard InChI is InChI=1S/C42H58O7/c1-28(12-8-7-11-25-45-32-13-9-6-10-14-32)35-17-18-36-34-16-15-31-26-33(21-23-41(31,4)37(34)22-24-42(35,36)5)48-40-20-19-38(47-30(3)44)39(49-40)27-46-29(2)43/h6,9-10,12-15,19-20,33-40H,7-8,11,16-18,21-27H2,1-5H3/b28-12+/t33-,34-,35+,36-,37-,38-,39+,40?,41-,42+/m0/s1. The van der Waals surface area contributed by atoms with E-state index in [1.807, 2.05) is 36.4 Å². The number of hydrogen-bond donors (Lipinski definition) is 0. The Morgan fingerprint density at radius 1 is 0.939 bits per heavy atom. The second-order valence-electron chi connectivity index (χ2n) is 15.8. The molecule has 268 valence electrons. The minimum atomic E-state index is -0.610. The Kier molecular flexibility index (Phi) is 11.4. The molecule has 3 fully saturated rings. The van der Waals surface area contributed by atoms with E-state index < -0.39 is 30.4 Å². The monoisotopic (exact) mass is 674 g/mol. The van der Waals surface area contributed by atoms with Crippen molar-refractivity contribution in [2.75, 3.05) is 13.2 Å². The average molecular weight is 675 g/mol. The number of para-hydroxylation sites is 1. The van der Waals surface area contributed by atoms with Crippen molar-refractivity contribution in [3.05, 3.63) is 65.8 Å². The lowest BCUT2D eigenvalue weighted by Crippen LogP contribution is -2.51. The number of esters is 2. The fourth-order valence-corrected chi connectivity index (χ4v) is 10.4. The van der Waals surface area contributed by atoms with E-state index in [1.54, 1.807) is 17.2 Å². The number of benzene rings is 1. The first kappa shape index (κ1) is 35.9. The highest BCUT2D eigenvalue weighted by atomic mass is 16.7. The summed E-state index contributed by atoms with van der Waals surface area (Å²) in [6, 6.07) is 10.1. The van der Waals surface area contributed by atoms with Crippen molar-refractivity contribution in [1.29, 1.82) is 0 Å². The molecule has 4 aliphatic carbocycles. The Balaban J connectivity index is 1.03. The molecule has 0 amide bonds. The van der Waals surface area contributed by atoms with E-state index in [4.69, 9.17) is 23.7 Å². The molecular weight excluding hydrogens is 616 g/mol. The van der Waals surface area contributed by atoms with Crippen molar-refractivity contribution in [3.8, 4) is 5.75 Å². The molecule has 49 heavy (non-hydrogen) atoms. The van der Waals surface area contributed by atoms with E-state index in [9.17, 15) is 9.59 Å². The van der Waals surface area contributed by atoms with E-state index in [0.717, 1.165) is 62.2 Å². The van der Waals surface area contributed by atoms with Crippen LogP contribution in [0.25, 0.3) is 0 Å². The van der Waals surface area contributed by atoms with E-state index in [1.165, 1.54) is 52.4 Å². The van der Waals surface area contributed by atoms with Crippen LogP contribution in [-0.4, -0.2) is 49.8 Å². The van der Waals surface area contributed by atoms with Gasteiger partial charge in [0.25, 0.3) is 0 Å². The summed E-state index contributed by atoms with van der Waals surface area (Å²) < 4.78 is 29.2. The molecule has 3 saturated carbocycles. The summed E-state index contributed by atoms with van der Waals surface area (Å²) in [5.74, 6) is 3.16. The van der Waals surface area contributed by atoms with E-state index in [-0.39, 0.29) is 18.1 Å². The summed E-state index contributed by atoms with van der Waals surface area (Å²) >= 11 is 0. The first-order valence-corrected chi connectivity index (χ1v) is 18.9. The Morgan fingerprint density at radius 2 is 1.76 bits per heavy atom. The molecule has 1 heterocycles. The van der Waals surface area contributed by atoms with Gasteiger partial charge in [0.15, 0.2) is 6.29 Å². The molecule has 1 unspecified atom stereocenters. The smallest absolute Gasteiger partial charge is 0.303 e. The number of hydrogen-bond acceptors (Lipinski definition) is 7. The molecule has 0 N–H and O–H groups in total. The third-order valence-corrected chi connectivity index (χ3v) is 12.9. The third kappa shape index (κ3) is 8.04.